The molecule has 0 radical (unpaired) electrons. The Bertz CT molecular complexity index is 970. The first-order chi connectivity index (χ1) is 16.3. The van der Waals surface area contributed by atoms with Crippen LogP contribution in [-0.2, 0) is 9.47 Å². The highest BCUT2D eigenvalue weighted by Gasteiger charge is 2.36. The second-order valence-electron chi connectivity index (χ2n) is 9.19. The van der Waals surface area contributed by atoms with Crippen molar-refractivity contribution in [3.05, 3.63) is 36.5 Å². The van der Waals surface area contributed by atoms with Gasteiger partial charge in [0.2, 0.25) is 0 Å². The van der Waals surface area contributed by atoms with Gasteiger partial charge in [-0.25, -0.2) is 4.79 Å². The zero-order valence-corrected chi connectivity index (χ0v) is 19.8. The fraction of sp³-hybridized carbons (Fsp3) is 0.565. The Labute approximate surface area is 198 Å². The molecule has 2 fully saturated rings. The summed E-state index contributed by atoms with van der Waals surface area (Å²) in [7, 11) is 0. The number of hydrogen-bond donors (Lipinski definition) is 0. The number of amides is 2. The van der Waals surface area contributed by atoms with E-state index in [1.54, 1.807) is 34.3 Å². The minimum absolute atomic E-state index is 0.185. The third-order valence-corrected chi connectivity index (χ3v) is 5.46. The van der Waals surface area contributed by atoms with Gasteiger partial charge >= 0.3 is 6.09 Å². The largest absolute Gasteiger partial charge is 0.490 e. The smallest absolute Gasteiger partial charge is 0.410 e. The van der Waals surface area contributed by atoms with Crippen molar-refractivity contribution in [3.63, 3.8) is 0 Å². The predicted molar refractivity (Wildman–Crippen MR) is 122 cm³/mol. The van der Waals surface area contributed by atoms with E-state index in [-0.39, 0.29) is 24.8 Å². The summed E-state index contributed by atoms with van der Waals surface area (Å²) in [5.41, 5.74) is -0.388. The lowest BCUT2D eigenvalue weighted by molar-refractivity contribution is -0.00109. The van der Waals surface area contributed by atoms with Crippen LogP contribution in [0.1, 0.15) is 31.3 Å². The molecule has 0 N–H and O–H groups in total. The first-order valence-corrected chi connectivity index (χ1v) is 11.4. The lowest BCUT2D eigenvalue weighted by Gasteiger charge is -2.41. The molecule has 2 saturated heterocycles. The van der Waals surface area contributed by atoms with Gasteiger partial charge in [-0.15, -0.1) is 0 Å². The molecule has 11 heteroatoms. The molecule has 4 rings (SSSR count). The molecule has 0 aliphatic carbocycles. The molecular weight excluding hydrogens is 442 g/mol. The molecule has 0 spiro atoms. The SMILES string of the molecule is CC(C)(C)OC(=O)N1CCN(C(=O)c2coc(N3CCOCC3)n2)C(COc2cccnc2)C1. The van der Waals surface area contributed by atoms with Crippen molar-refractivity contribution in [2.75, 3.05) is 57.4 Å². The summed E-state index contributed by atoms with van der Waals surface area (Å²) in [6.07, 6.45) is 4.23. The Morgan fingerprint density at radius 1 is 1.18 bits per heavy atom. The van der Waals surface area contributed by atoms with Crippen LogP contribution in [0.4, 0.5) is 10.8 Å². The maximum Gasteiger partial charge on any atom is 0.410 e. The molecule has 4 heterocycles. The summed E-state index contributed by atoms with van der Waals surface area (Å²) < 4.78 is 22.4. The summed E-state index contributed by atoms with van der Waals surface area (Å²) in [6, 6.07) is 3.56. The van der Waals surface area contributed by atoms with E-state index in [4.69, 9.17) is 18.6 Å². The zero-order chi connectivity index (χ0) is 24.1. The van der Waals surface area contributed by atoms with Crippen molar-refractivity contribution >= 4 is 18.0 Å². The van der Waals surface area contributed by atoms with Crippen molar-refractivity contribution in [2.24, 2.45) is 0 Å². The third kappa shape index (κ3) is 5.96. The Morgan fingerprint density at radius 2 is 1.97 bits per heavy atom. The molecule has 0 saturated carbocycles. The second-order valence-corrected chi connectivity index (χ2v) is 9.19. The summed E-state index contributed by atoms with van der Waals surface area (Å²) in [4.78, 5) is 39.8. The van der Waals surface area contributed by atoms with E-state index >= 15 is 0 Å². The van der Waals surface area contributed by atoms with Crippen LogP contribution in [0.2, 0.25) is 0 Å². The van der Waals surface area contributed by atoms with Crippen molar-refractivity contribution in [1.82, 2.24) is 19.8 Å². The van der Waals surface area contributed by atoms with Gasteiger partial charge in [0.15, 0.2) is 5.69 Å². The van der Waals surface area contributed by atoms with E-state index in [0.717, 1.165) is 0 Å². The number of ether oxygens (including phenoxy) is 3. The van der Waals surface area contributed by atoms with Gasteiger partial charge in [0.25, 0.3) is 11.9 Å². The standard InChI is InChI=1S/C23H31N5O6/c1-23(2,3)34-22(30)27-7-8-28(17(14-27)15-32-18-5-4-6-24-13-18)20(29)19-16-33-21(25-19)26-9-11-31-12-10-26/h4-6,13,16-17H,7-12,14-15H2,1-3H3. The van der Waals surface area contributed by atoms with Crippen molar-refractivity contribution in [3.8, 4) is 5.75 Å². The summed E-state index contributed by atoms with van der Waals surface area (Å²) in [5.74, 6) is 0.312. The number of hydrogen-bond acceptors (Lipinski definition) is 9. The van der Waals surface area contributed by atoms with Crippen molar-refractivity contribution in [1.29, 1.82) is 0 Å². The number of pyridine rings is 1. The van der Waals surface area contributed by atoms with E-state index in [2.05, 4.69) is 9.97 Å². The van der Waals surface area contributed by atoms with Gasteiger partial charge in [-0.3, -0.25) is 9.78 Å². The van der Waals surface area contributed by atoms with Gasteiger partial charge in [0, 0.05) is 38.9 Å². The van der Waals surface area contributed by atoms with Crippen LogP contribution in [0.25, 0.3) is 0 Å². The Balaban J connectivity index is 1.47. The van der Waals surface area contributed by atoms with E-state index in [1.165, 1.54) is 6.26 Å². The highest BCUT2D eigenvalue weighted by molar-refractivity contribution is 5.92. The van der Waals surface area contributed by atoms with Crippen LogP contribution in [0.5, 0.6) is 5.75 Å². The Hall–Kier alpha value is -3.34. The summed E-state index contributed by atoms with van der Waals surface area (Å²) >= 11 is 0. The molecular formula is C23H31N5O6. The van der Waals surface area contributed by atoms with Crippen LogP contribution in [0.15, 0.2) is 35.2 Å². The Morgan fingerprint density at radius 3 is 2.68 bits per heavy atom. The van der Waals surface area contributed by atoms with Gasteiger partial charge in [-0.1, -0.05) is 0 Å². The maximum atomic E-state index is 13.4. The van der Waals surface area contributed by atoms with Gasteiger partial charge in [0.1, 0.15) is 24.2 Å². The average Bonchev–Trinajstić information content (AvgIpc) is 3.33. The van der Waals surface area contributed by atoms with Crippen LogP contribution in [-0.4, -0.2) is 96.0 Å². The molecule has 2 aliphatic rings. The molecule has 1 unspecified atom stereocenters. The minimum atomic E-state index is -0.609. The average molecular weight is 474 g/mol. The zero-order valence-electron chi connectivity index (χ0n) is 19.8. The van der Waals surface area contributed by atoms with E-state index in [0.29, 0.717) is 51.2 Å². The van der Waals surface area contributed by atoms with Crippen LogP contribution < -0.4 is 9.64 Å². The van der Waals surface area contributed by atoms with E-state index in [9.17, 15) is 9.59 Å². The number of anilines is 1. The van der Waals surface area contributed by atoms with Gasteiger partial charge in [-0.05, 0) is 32.9 Å². The molecule has 0 aromatic carbocycles. The first-order valence-electron chi connectivity index (χ1n) is 11.4. The number of morpholine rings is 1. The van der Waals surface area contributed by atoms with Crippen LogP contribution in [0, 0.1) is 0 Å². The van der Waals surface area contributed by atoms with Crippen molar-refractivity contribution in [2.45, 2.75) is 32.4 Å². The topological polar surface area (TPSA) is 110 Å². The highest BCUT2D eigenvalue weighted by Crippen LogP contribution is 2.21. The highest BCUT2D eigenvalue weighted by atomic mass is 16.6. The monoisotopic (exact) mass is 473 g/mol. The quantitative estimate of drug-likeness (QED) is 0.644. The Kier molecular flexibility index (Phi) is 7.20. The van der Waals surface area contributed by atoms with Crippen LogP contribution in [0.3, 0.4) is 0 Å². The minimum Gasteiger partial charge on any atom is -0.490 e. The maximum absolute atomic E-state index is 13.4. The normalized spacial score (nSPS) is 19.1. The third-order valence-electron chi connectivity index (χ3n) is 5.46. The molecule has 2 aromatic heterocycles. The molecule has 2 amide bonds. The predicted octanol–water partition coefficient (Wildman–Crippen LogP) is 2.05. The number of carbonyl (C=O) groups excluding carboxylic acids is 2. The first kappa shape index (κ1) is 23.8. The molecule has 2 aromatic rings. The molecule has 184 valence electrons. The molecule has 0 bridgehead atoms. The van der Waals surface area contributed by atoms with Gasteiger partial charge in [0.05, 0.1) is 25.5 Å². The number of oxazole rings is 1. The molecule has 11 nitrogen and oxygen atoms in total. The number of carbonyl (C=O) groups is 2. The number of rotatable bonds is 5. The number of nitrogens with zero attached hydrogens (tertiary/aromatic N) is 5. The fourth-order valence-electron chi connectivity index (χ4n) is 3.79. The lowest BCUT2D eigenvalue weighted by Crippen LogP contribution is -2.59. The molecule has 34 heavy (non-hydrogen) atoms. The van der Waals surface area contributed by atoms with Crippen LogP contribution >= 0.6 is 0 Å². The molecule has 2 aliphatic heterocycles. The van der Waals surface area contributed by atoms with Gasteiger partial charge < -0.3 is 33.3 Å². The second kappa shape index (κ2) is 10.3. The summed E-state index contributed by atoms with van der Waals surface area (Å²) in [5, 5.41) is 0. The lowest BCUT2D eigenvalue weighted by atomic mass is 10.1. The van der Waals surface area contributed by atoms with Gasteiger partial charge in [-0.2, -0.15) is 4.98 Å². The summed E-state index contributed by atoms with van der Waals surface area (Å²) in [6.45, 7) is 9.09. The van der Waals surface area contributed by atoms with E-state index in [1.807, 2.05) is 25.7 Å². The number of piperazine rings is 1. The molecule has 1 atom stereocenters. The van der Waals surface area contributed by atoms with Crippen molar-refractivity contribution < 1.29 is 28.2 Å². The van der Waals surface area contributed by atoms with E-state index < -0.39 is 17.7 Å². The fourth-order valence-corrected chi connectivity index (χ4v) is 3.79. The number of aromatic nitrogens is 2.